The van der Waals surface area contributed by atoms with Crippen LogP contribution in [0.15, 0.2) is 28.7 Å². The van der Waals surface area contributed by atoms with Crippen LogP contribution in [0.4, 0.5) is 5.82 Å². The number of benzene rings is 1. The van der Waals surface area contributed by atoms with Gasteiger partial charge in [0.1, 0.15) is 5.82 Å². The average Bonchev–Trinajstić information content (AvgIpc) is 3.32. The molecule has 0 saturated heterocycles. The number of hydrogen-bond acceptors (Lipinski definition) is 3. The molecule has 2 aromatic rings. The molecule has 0 amide bonds. The van der Waals surface area contributed by atoms with Gasteiger partial charge in [0.15, 0.2) is 5.82 Å². The zero-order chi connectivity index (χ0) is 14.1. The maximum atomic E-state index is 4.77. The fourth-order valence-electron chi connectivity index (χ4n) is 2.28. The molecule has 1 N–H and O–H groups in total. The summed E-state index contributed by atoms with van der Waals surface area (Å²) in [6, 6.07) is 8.52. The van der Waals surface area contributed by atoms with Crippen molar-refractivity contribution in [3.05, 3.63) is 40.0 Å². The van der Waals surface area contributed by atoms with E-state index in [0.29, 0.717) is 5.92 Å². The summed E-state index contributed by atoms with van der Waals surface area (Å²) in [6.45, 7) is 2.16. The van der Waals surface area contributed by atoms with Gasteiger partial charge in [0, 0.05) is 18.5 Å². The van der Waals surface area contributed by atoms with Crippen molar-refractivity contribution in [3.63, 3.8) is 0 Å². The Morgan fingerprint density at radius 1 is 1.20 bits per heavy atom. The van der Waals surface area contributed by atoms with Crippen molar-refractivity contribution in [3.8, 4) is 11.4 Å². The lowest BCUT2D eigenvalue weighted by Gasteiger charge is -2.11. The van der Waals surface area contributed by atoms with Crippen LogP contribution in [0.2, 0.25) is 0 Å². The summed E-state index contributed by atoms with van der Waals surface area (Å²) in [5.41, 5.74) is 3.55. The van der Waals surface area contributed by atoms with Gasteiger partial charge >= 0.3 is 0 Å². The summed E-state index contributed by atoms with van der Waals surface area (Å²) in [6.07, 6.45) is 3.51. The van der Waals surface area contributed by atoms with E-state index in [1.165, 1.54) is 18.4 Å². The Kier molecular flexibility index (Phi) is 3.74. The number of nitrogens with zero attached hydrogens (tertiary/aromatic N) is 2. The number of hydrogen-bond donors (Lipinski definition) is 1. The van der Waals surface area contributed by atoms with Crippen LogP contribution in [0.25, 0.3) is 11.4 Å². The zero-order valence-corrected chi connectivity index (χ0v) is 13.4. The zero-order valence-electron chi connectivity index (χ0n) is 11.8. The van der Waals surface area contributed by atoms with Crippen LogP contribution in [-0.2, 0) is 6.42 Å². The second-order valence-electron chi connectivity index (χ2n) is 5.17. The van der Waals surface area contributed by atoms with Gasteiger partial charge in [-0.3, -0.25) is 0 Å². The van der Waals surface area contributed by atoms with Crippen molar-refractivity contribution in [2.24, 2.45) is 0 Å². The van der Waals surface area contributed by atoms with Crippen LogP contribution in [0.5, 0.6) is 0 Å². The van der Waals surface area contributed by atoms with Crippen molar-refractivity contribution in [1.82, 2.24) is 9.97 Å². The lowest BCUT2D eigenvalue weighted by Crippen LogP contribution is -2.02. The molecule has 104 valence electrons. The van der Waals surface area contributed by atoms with E-state index in [0.717, 1.165) is 33.8 Å². The van der Waals surface area contributed by atoms with E-state index in [-0.39, 0.29) is 0 Å². The van der Waals surface area contributed by atoms with E-state index in [1.54, 1.807) is 0 Å². The largest absolute Gasteiger partial charge is 0.372 e. The Balaban J connectivity index is 2.05. The lowest BCUT2D eigenvalue weighted by molar-refractivity contribution is 0.980. The minimum atomic E-state index is 0.591. The smallest absolute Gasteiger partial charge is 0.161 e. The number of aromatic nitrogens is 2. The lowest BCUT2D eigenvalue weighted by atomic mass is 10.1. The van der Waals surface area contributed by atoms with Crippen LogP contribution in [-0.4, -0.2) is 17.0 Å². The third kappa shape index (κ3) is 2.57. The number of nitrogens with one attached hydrogen (secondary N) is 1. The molecule has 20 heavy (non-hydrogen) atoms. The SMILES string of the molecule is CCc1ccc(-c2nc(NC)c(Br)c(C3CC3)n2)cc1. The van der Waals surface area contributed by atoms with Gasteiger partial charge in [0.2, 0.25) is 0 Å². The Labute approximate surface area is 128 Å². The Morgan fingerprint density at radius 3 is 2.45 bits per heavy atom. The first-order valence-electron chi connectivity index (χ1n) is 7.07. The molecule has 3 nitrogen and oxygen atoms in total. The van der Waals surface area contributed by atoms with E-state index in [4.69, 9.17) is 4.98 Å². The molecule has 0 atom stereocenters. The average molecular weight is 332 g/mol. The van der Waals surface area contributed by atoms with E-state index in [1.807, 2.05) is 7.05 Å². The van der Waals surface area contributed by atoms with E-state index in [2.05, 4.69) is 57.4 Å². The van der Waals surface area contributed by atoms with Gasteiger partial charge in [0.25, 0.3) is 0 Å². The van der Waals surface area contributed by atoms with Gasteiger partial charge in [-0.15, -0.1) is 0 Å². The van der Waals surface area contributed by atoms with Crippen molar-refractivity contribution in [1.29, 1.82) is 0 Å². The molecule has 1 fully saturated rings. The highest BCUT2D eigenvalue weighted by atomic mass is 79.9. The molecule has 0 radical (unpaired) electrons. The molecule has 3 rings (SSSR count). The van der Waals surface area contributed by atoms with E-state index >= 15 is 0 Å². The molecule has 0 bridgehead atoms. The highest BCUT2D eigenvalue weighted by Crippen LogP contribution is 2.44. The molecular formula is C16H18BrN3. The fraction of sp³-hybridized carbons (Fsp3) is 0.375. The van der Waals surface area contributed by atoms with Crippen LogP contribution in [0.1, 0.15) is 36.9 Å². The maximum Gasteiger partial charge on any atom is 0.161 e. The van der Waals surface area contributed by atoms with E-state index in [9.17, 15) is 0 Å². The van der Waals surface area contributed by atoms with Crippen molar-refractivity contribution in [2.45, 2.75) is 32.1 Å². The van der Waals surface area contributed by atoms with Gasteiger partial charge in [-0.05, 0) is 40.8 Å². The molecule has 1 aromatic heterocycles. The fourth-order valence-corrected chi connectivity index (χ4v) is 2.98. The van der Waals surface area contributed by atoms with Crippen molar-refractivity contribution < 1.29 is 0 Å². The van der Waals surface area contributed by atoms with Crippen LogP contribution < -0.4 is 5.32 Å². The van der Waals surface area contributed by atoms with Crippen LogP contribution >= 0.6 is 15.9 Å². The molecule has 0 unspecified atom stereocenters. The Bertz CT molecular complexity index is 618. The Hall–Kier alpha value is -1.42. The quantitative estimate of drug-likeness (QED) is 0.902. The topological polar surface area (TPSA) is 37.8 Å². The maximum absolute atomic E-state index is 4.77. The minimum absolute atomic E-state index is 0.591. The first-order valence-corrected chi connectivity index (χ1v) is 7.86. The highest BCUT2D eigenvalue weighted by molar-refractivity contribution is 9.10. The first-order chi connectivity index (χ1) is 9.72. The Morgan fingerprint density at radius 2 is 1.90 bits per heavy atom. The molecule has 0 aliphatic heterocycles. The highest BCUT2D eigenvalue weighted by Gasteiger charge is 2.29. The normalized spacial score (nSPS) is 14.3. The molecule has 1 aromatic carbocycles. The second-order valence-corrected chi connectivity index (χ2v) is 5.96. The summed E-state index contributed by atoms with van der Waals surface area (Å²) in [4.78, 5) is 9.39. The molecule has 1 aliphatic carbocycles. The standard InChI is InChI=1S/C16H18BrN3/c1-3-10-4-6-12(7-5-10)15-19-14(11-8-9-11)13(17)16(18-2)20-15/h4-7,11H,3,8-9H2,1-2H3,(H,18,19,20). The van der Waals surface area contributed by atoms with Crippen molar-refractivity contribution in [2.75, 3.05) is 12.4 Å². The third-order valence-corrected chi connectivity index (χ3v) is 4.48. The summed E-state index contributed by atoms with van der Waals surface area (Å²) in [7, 11) is 1.90. The molecular weight excluding hydrogens is 314 g/mol. The predicted molar refractivity (Wildman–Crippen MR) is 86.1 cm³/mol. The number of rotatable bonds is 4. The van der Waals surface area contributed by atoms with Gasteiger partial charge in [0.05, 0.1) is 10.2 Å². The minimum Gasteiger partial charge on any atom is -0.372 e. The number of anilines is 1. The predicted octanol–water partition coefficient (Wildman–Crippen LogP) is 4.39. The molecule has 1 heterocycles. The number of aryl methyl sites for hydroxylation is 1. The third-order valence-electron chi connectivity index (χ3n) is 3.70. The molecule has 1 saturated carbocycles. The van der Waals surface area contributed by atoms with Gasteiger partial charge in [-0.1, -0.05) is 31.2 Å². The summed E-state index contributed by atoms with van der Waals surface area (Å²) in [5, 5.41) is 3.15. The molecule has 4 heteroatoms. The summed E-state index contributed by atoms with van der Waals surface area (Å²) < 4.78 is 1.01. The van der Waals surface area contributed by atoms with Gasteiger partial charge in [-0.2, -0.15) is 0 Å². The van der Waals surface area contributed by atoms with Crippen molar-refractivity contribution >= 4 is 21.7 Å². The molecule has 1 aliphatic rings. The summed E-state index contributed by atoms with van der Waals surface area (Å²) >= 11 is 3.62. The van der Waals surface area contributed by atoms with Gasteiger partial charge in [-0.25, -0.2) is 9.97 Å². The van der Waals surface area contributed by atoms with Gasteiger partial charge < -0.3 is 5.32 Å². The van der Waals surface area contributed by atoms with Crippen LogP contribution in [0.3, 0.4) is 0 Å². The van der Waals surface area contributed by atoms with Crippen LogP contribution in [0, 0.1) is 0 Å². The van der Waals surface area contributed by atoms with E-state index < -0.39 is 0 Å². The monoisotopic (exact) mass is 331 g/mol. The number of halogens is 1. The summed E-state index contributed by atoms with van der Waals surface area (Å²) in [5.74, 6) is 2.27. The first kappa shape index (κ1) is 13.6. The molecule has 0 spiro atoms. The second kappa shape index (κ2) is 5.52.